The molecule has 126 valence electrons. The maximum Gasteiger partial charge on any atom is 0.235 e. The zero-order valence-electron chi connectivity index (χ0n) is 13.5. The molecule has 0 unspecified atom stereocenters. The van der Waals surface area contributed by atoms with Gasteiger partial charge in [0.05, 0.1) is 16.6 Å². The van der Waals surface area contributed by atoms with Crippen LogP contribution in [0.1, 0.15) is 32.6 Å². The number of alkyl halides is 1. The highest BCUT2D eigenvalue weighted by Crippen LogP contribution is 2.30. The number of carbonyl (C=O) groups excluding carboxylic acids is 2. The van der Waals surface area contributed by atoms with Gasteiger partial charge in [-0.2, -0.15) is 0 Å². The molecule has 0 aromatic heterocycles. The van der Waals surface area contributed by atoms with Gasteiger partial charge in [-0.25, -0.2) is 4.39 Å². The quantitative estimate of drug-likeness (QED) is 0.569. The van der Waals surface area contributed by atoms with E-state index in [9.17, 15) is 14.0 Å². The first-order valence-corrected chi connectivity index (χ1v) is 8.72. The van der Waals surface area contributed by atoms with Crippen LogP contribution in [-0.2, 0) is 4.79 Å². The summed E-state index contributed by atoms with van der Waals surface area (Å²) in [7, 11) is 0. The van der Waals surface area contributed by atoms with Gasteiger partial charge in [0.2, 0.25) is 5.91 Å². The zero-order chi connectivity index (χ0) is 18.0. The Morgan fingerprint density at radius 1 is 1.12 bits per heavy atom. The van der Waals surface area contributed by atoms with Crippen LogP contribution in [0.5, 0.6) is 0 Å². The molecule has 0 bridgehead atoms. The van der Waals surface area contributed by atoms with Crippen LogP contribution in [0.25, 0.3) is 0 Å². The third-order valence-corrected chi connectivity index (χ3v) is 4.71. The fourth-order valence-electron chi connectivity index (χ4n) is 2.41. The number of aryl methyl sites for hydroxylation is 1. The normalized spacial score (nSPS) is 10.6. The molecule has 2 rings (SSSR count). The summed E-state index contributed by atoms with van der Waals surface area (Å²) in [4.78, 5) is 24.7. The number of rotatable bonds is 4. The second kappa shape index (κ2) is 7.45. The van der Waals surface area contributed by atoms with E-state index in [4.69, 9.17) is 11.6 Å². The predicted molar refractivity (Wildman–Crippen MR) is 97.9 cm³/mol. The molecular weight excluding hydrogens is 397 g/mol. The van der Waals surface area contributed by atoms with E-state index < -0.39 is 11.6 Å². The van der Waals surface area contributed by atoms with E-state index in [-0.39, 0.29) is 27.4 Å². The van der Waals surface area contributed by atoms with Gasteiger partial charge in [0.1, 0.15) is 5.82 Å². The molecule has 2 aromatic rings. The van der Waals surface area contributed by atoms with Crippen molar-refractivity contribution in [2.75, 3.05) is 10.6 Å². The summed E-state index contributed by atoms with van der Waals surface area (Å²) < 4.78 is 14.1. The molecule has 1 amide bonds. The van der Waals surface area contributed by atoms with Crippen LogP contribution in [0.15, 0.2) is 24.3 Å². The zero-order valence-corrected chi connectivity index (χ0v) is 15.8. The standard InChI is InChI=1S/C18H16BrClFNO2/c1-9-6-14(17(11(3)10(9)2)22-16(23)8-19)18(24)13-7-12(20)4-5-15(13)21/h4-7H,8H2,1-3H3,(H,22,23). The van der Waals surface area contributed by atoms with Crippen molar-refractivity contribution in [1.82, 2.24) is 0 Å². The van der Waals surface area contributed by atoms with Crippen LogP contribution in [0.4, 0.5) is 10.1 Å². The van der Waals surface area contributed by atoms with Gasteiger partial charge < -0.3 is 5.32 Å². The fourth-order valence-corrected chi connectivity index (χ4v) is 2.72. The first-order valence-electron chi connectivity index (χ1n) is 7.22. The van der Waals surface area contributed by atoms with Gasteiger partial charge in [0.25, 0.3) is 0 Å². The second-order valence-corrected chi connectivity index (χ2v) is 6.50. The third-order valence-electron chi connectivity index (χ3n) is 3.96. The summed E-state index contributed by atoms with van der Waals surface area (Å²) in [5, 5.41) is 3.08. The van der Waals surface area contributed by atoms with E-state index in [1.165, 1.54) is 12.1 Å². The largest absolute Gasteiger partial charge is 0.324 e. The van der Waals surface area contributed by atoms with E-state index in [2.05, 4.69) is 21.2 Å². The Kier molecular flexibility index (Phi) is 5.78. The van der Waals surface area contributed by atoms with Crippen LogP contribution in [0, 0.1) is 26.6 Å². The van der Waals surface area contributed by atoms with Gasteiger partial charge in [-0.3, -0.25) is 9.59 Å². The summed E-state index contributed by atoms with van der Waals surface area (Å²) >= 11 is 8.97. The van der Waals surface area contributed by atoms with Crippen LogP contribution >= 0.6 is 27.5 Å². The molecule has 24 heavy (non-hydrogen) atoms. The number of amides is 1. The van der Waals surface area contributed by atoms with Crippen LogP contribution in [0.3, 0.4) is 0 Å². The molecule has 1 N–H and O–H groups in total. The number of carbonyl (C=O) groups is 2. The topological polar surface area (TPSA) is 46.2 Å². The van der Waals surface area contributed by atoms with Crippen molar-refractivity contribution in [3.05, 3.63) is 62.9 Å². The molecule has 6 heteroatoms. The molecule has 0 heterocycles. The van der Waals surface area contributed by atoms with E-state index in [0.29, 0.717) is 5.69 Å². The lowest BCUT2D eigenvalue weighted by atomic mass is 9.93. The summed E-state index contributed by atoms with van der Waals surface area (Å²) in [5.41, 5.74) is 3.13. The summed E-state index contributed by atoms with van der Waals surface area (Å²) in [6, 6.07) is 5.49. The van der Waals surface area contributed by atoms with Crippen LogP contribution < -0.4 is 5.32 Å². The first kappa shape index (κ1) is 18.6. The predicted octanol–water partition coefficient (Wildman–Crippen LogP) is 4.97. The van der Waals surface area contributed by atoms with Crippen molar-refractivity contribution in [3.8, 4) is 0 Å². The van der Waals surface area contributed by atoms with Crippen molar-refractivity contribution in [2.45, 2.75) is 20.8 Å². The number of halogens is 3. The minimum atomic E-state index is -0.655. The summed E-state index contributed by atoms with van der Waals surface area (Å²) in [6.45, 7) is 5.59. The summed E-state index contributed by atoms with van der Waals surface area (Å²) in [5.74, 6) is -1.47. The minimum Gasteiger partial charge on any atom is -0.324 e. The molecule has 0 aliphatic rings. The number of anilines is 1. The monoisotopic (exact) mass is 411 g/mol. The SMILES string of the molecule is Cc1cc(C(=O)c2cc(Cl)ccc2F)c(NC(=O)CBr)c(C)c1C. The van der Waals surface area contributed by atoms with Crippen LogP contribution in [0.2, 0.25) is 5.02 Å². The van der Waals surface area contributed by atoms with Gasteiger partial charge in [-0.1, -0.05) is 27.5 Å². The number of benzene rings is 2. The molecule has 0 fully saturated rings. The Morgan fingerprint density at radius 3 is 2.42 bits per heavy atom. The van der Waals surface area contributed by atoms with Crippen molar-refractivity contribution >= 4 is 44.9 Å². The molecule has 0 saturated heterocycles. The van der Waals surface area contributed by atoms with Gasteiger partial charge in [0.15, 0.2) is 5.78 Å². The van der Waals surface area contributed by atoms with E-state index >= 15 is 0 Å². The number of nitrogens with one attached hydrogen (secondary N) is 1. The lowest BCUT2D eigenvalue weighted by Crippen LogP contribution is -2.18. The molecule has 0 spiro atoms. The van der Waals surface area contributed by atoms with Crippen molar-refractivity contribution in [2.24, 2.45) is 0 Å². The maximum absolute atomic E-state index is 14.1. The minimum absolute atomic E-state index is 0.0958. The highest BCUT2D eigenvalue weighted by atomic mass is 79.9. The van der Waals surface area contributed by atoms with Crippen molar-refractivity contribution in [3.63, 3.8) is 0 Å². The molecular formula is C18H16BrClFNO2. The van der Waals surface area contributed by atoms with Gasteiger partial charge in [-0.15, -0.1) is 0 Å². The van der Waals surface area contributed by atoms with Crippen LogP contribution in [-0.4, -0.2) is 17.0 Å². The smallest absolute Gasteiger partial charge is 0.235 e. The van der Waals surface area contributed by atoms with Crippen molar-refractivity contribution in [1.29, 1.82) is 0 Å². The van der Waals surface area contributed by atoms with Gasteiger partial charge >= 0.3 is 0 Å². The van der Waals surface area contributed by atoms with Gasteiger partial charge in [0, 0.05) is 10.6 Å². The Bertz CT molecular complexity index is 836. The highest BCUT2D eigenvalue weighted by Gasteiger charge is 2.22. The summed E-state index contributed by atoms with van der Waals surface area (Å²) in [6.07, 6.45) is 0. The van der Waals surface area contributed by atoms with E-state index in [1.807, 2.05) is 20.8 Å². The lowest BCUT2D eigenvalue weighted by Gasteiger charge is -2.17. The fraction of sp³-hybridized carbons (Fsp3) is 0.222. The molecule has 3 nitrogen and oxygen atoms in total. The average molecular weight is 413 g/mol. The van der Waals surface area contributed by atoms with E-state index in [0.717, 1.165) is 22.8 Å². The highest BCUT2D eigenvalue weighted by molar-refractivity contribution is 9.09. The number of ketones is 1. The Balaban J connectivity index is 2.66. The van der Waals surface area contributed by atoms with Crippen molar-refractivity contribution < 1.29 is 14.0 Å². The van der Waals surface area contributed by atoms with Gasteiger partial charge in [-0.05, 0) is 61.7 Å². The lowest BCUT2D eigenvalue weighted by molar-refractivity contribution is -0.113. The molecule has 0 aliphatic carbocycles. The Morgan fingerprint density at radius 2 is 1.79 bits per heavy atom. The first-order chi connectivity index (χ1) is 11.3. The molecule has 0 saturated carbocycles. The molecule has 0 aliphatic heterocycles. The molecule has 2 aromatic carbocycles. The van der Waals surface area contributed by atoms with E-state index in [1.54, 1.807) is 6.07 Å². The second-order valence-electron chi connectivity index (χ2n) is 5.50. The molecule has 0 atom stereocenters. The Labute approximate surface area is 153 Å². The molecule has 0 radical (unpaired) electrons. The Hall–Kier alpha value is -1.72. The third kappa shape index (κ3) is 3.68. The number of hydrogen-bond donors (Lipinski definition) is 1. The number of hydrogen-bond acceptors (Lipinski definition) is 2. The average Bonchev–Trinajstić information content (AvgIpc) is 2.56. The maximum atomic E-state index is 14.1.